The Bertz CT molecular complexity index is 460. The molecule has 0 radical (unpaired) electrons. The van der Waals surface area contributed by atoms with Crippen molar-refractivity contribution >= 4 is 23.5 Å². The van der Waals surface area contributed by atoms with Crippen molar-refractivity contribution < 1.29 is 24.2 Å². The van der Waals surface area contributed by atoms with Crippen molar-refractivity contribution in [3.63, 3.8) is 0 Å². The van der Waals surface area contributed by atoms with Gasteiger partial charge in [0, 0.05) is 5.02 Å². The fraction of sp³-hybridized carbons (Fsp3) is 0.385. The molecule has 0 fully saturated rings. The van der Waals surface area contributed by atoms with E-state index in [2.05, 4.69) is 10.1 Å². The van der Waals surface area contributed by atoms with Crippen LogP contribution in [0.5, 0.6) is 5.75 Å². The number of ether oxygens (including phenoxy) is 2. The normalized spacial score (nSPS) is 13.2. The SMILES string of the molecule is COC(=O)[C@@H](NC(=O)COc1ccc(Cl)cc1)C(C)O. The Balaban J connectivity index is 2.49. The Morgan fingerprint density at radius 2 is 1.95 bits per heavy atom. The molecule has 0 aliphatic carbocycles. The molecule has 7 heteroatoms. The van der Waals surface area contributed by atoms with Gasteiger partial charge in [0.2, 0.25) is 0 Å². The van der Waals surface area contributed by atoms with Crippen molar-refractivity contribution in [1.29, 1.82) is 0 Å². The van der Waals surface area contributed by atoms with Crippen LogP contribution in [0.2, 0.25) is 5.02 Å². The van der Waals surface area contributed by atoms with E-state index in [1.807, 2.05) is 0 Å². The fourth-order valence-corrected chi connectivity index (χ4v) is 1.52. The van der Waals surface area contributed by atoms with Gasteiger partial charge >= 0.3 is 5.97 Å². The first-order valence-electron chi connectivity index (χ1n) is 5.87. The minimum absolute atomic E-state index is 0.290. The maximum Gasteiger partial charge on any atom is 0.331 e. The standard InChI is InChI=1S/C13H16ClNO5/c1-8(16)12(13(18)19-2)15-11(17)7-20-10-5-3-9(14)4-6-10/h3-6,8,12,16H,7H2,1-2H3,(H,15,17)/t8?,12-/m0/s1. The van der Waals surface area contributed by atoms with Crippen LogP contribution in [-0.2, 0) is 14.3 Å². The van der Waals surface area contributed by atoms with Gasteiger partial charge in [0.15, 0.2) is 12.6 Å². The van der Waals surface area contributed by atoms with Gasteiger partial charge in [-0.25, -0.2) is 4.79 Å². The minimum atomic E-state index is -1.12. The molecule has 0 bridgehead atoms. The van der Waals surface area contributed by atoms with E-state index >= 15 is 0 Å². The molecule has 0 aromatic heterocycles. The number of hydrogen-bond donors (Lipinski definition) is 2. The number of aliphatic hydroxyl groups is 1. The summed E-state index contributed by atoms with van der Waals surface area (Å²) in [6, 6.07) is 5.36. The summed E-state index contributed by atoms with van der Waals surface area (Å²) in [4.78, 5) is 23.0. The second kappa shape index (κ2) is 7.72. The zero-order valence-corrected chi connectivity index (χ0v) is 11.9. The van der Waals surface area contributed by atoms with Crippen molar-refractivity contribution in [2.75, 3.05) is 13.7 Å². The van der Waals surface area contributed by atoms with Crippen molar-refractivity contribution in [3.05, 3.63) is 29.3 Å². The van der Waals surface area contributed by atoms with Crippen molar-refractivity contribution in [2.24, 2.45) is 0 Å². The third kappa shape index (κ3) is 5.07. The lowest BCUT2D eigenvalue weighted by Crippen LogP contribution is -2.49. The van der Waals surface area contributed by atoms with Crippen LogP contribution in [0.25, 0.3) is 0 Å². The number of carbonyl (C=O) groups is 2. The second-order valence-corrected chi connectivity index (χ2v) is 4.49. The topological polar surface area (TPSA) is 84.9 Å². The summed E-state index contributed by atoms with van der Waals surface area (Å²) in [5.41, 5.74) is 0. The van der Waals surface area contributed by atoms with E-state index in [-0.39, 0.29) is 6.61 Å². The van der Waals surface area contributed by atoms with Crippen LogP contribution in [0.1, 0.15) is 6.92 Å². The van der Waals surface area contributed by atoms with Crippen LogP contribution in [0.15, 0.2) is 24.3 Å². The maximum absolute atomic E-state index is 11.6. The molecule has 1 aromatic rings. The molecule has 1 aromatic carbocycles. The van der Waals surface area contributed by atoms with E-state index in [4.69, 9.17) is 16.3 Å². The van der Waals surface area contributed by atoms with Crippen LogP contribution >= 0.6 is 11.6 Å². The van der Waals surface area contributed by atoms with Gasteiger partial charge < -0.3 is 19.9 Å². The van der Waals surface area contributed by atoms with E-state index < -0.39 is 24.0 Å². The average Bonchev–Trinajstić information content (AvgIpc) is 2.43. The van der Waals surface area contributed by atoms with Gasteiger partial charge in [-0.3, -0.25) is 4.79 Å². The number of amides is 1. The lowest BCUT2D eigenvalue weighted by atomic mass is 10.2. The van der Waals surface area contributed by atoms with Crippen molar-refractivity contribution in [3.8, 4) is 5.75 Å². The Labute approximate surface area is 121 Å². The van der Waals surface area contributed by atoms with E-state index in [1.54, 1.807) is 24.3 Å². The number of hydrogen-bond acceptors (Lipinski definition) is 5. The molecule has 20 heavy (non-hydrogen) atoms. The average molecular weight is 302 g/mol. The molecule has 0 aliphatic heterocycles. The van der Waals surface area contributed by atoms with E-state index in [0.717, 1.165) is 0 Å². The third-order valence-electron chi connectivity index (χ3n) is 2.44. The molecule has 0 aliphatic rings. The zero-order chi connectivity index (χ0) is 15.1. The molecule has 2 N–H and O–H groups in total. The van der Waals surface area contributed by atoms with Gasteiger partial charge in [-0.2, -0.15) is 0 Å². The Hall–Kier alpha value is -1.79. The summed E-state index contributed by atoms with van der Waals surface area (Å²) in [5.74, 6) is -0.799. The molecule has 0 spiro atoms. The number of halogens is 1. The van der Waals surface area contributed by atoms with Gasteiger partial charge in [0.25, 0.3) is 5.91 Å². The summed E-state index contributed by atoms with van der Waals surface area (Å²) < 4.78 is 9.69. The van der Waals surface area contributed by atoms with Gasteiger partial charge in [0.1, 0.15) is 5.75 Å². The number of rotatable bonds is 6. The molecule has 1 unspecified atom stereocenters. The number of benzene rings is 1. The largest absolute Gasteiger partial charge is 0.484 e. The van der Waals surface area contributed by atoms with Crippen LogP contribution in [0, 0.1) is 0 Å². The molecule has 1 amide bonds. The predicted molar refractivity (Wildman–Crippen MR) is 72.6 cm³/mol. The number of methoxy groups -OCH3 is 1. The van der Waals surface area contributed by atoms with Crippen LogP contribution in [0.4, 0.5) is 0 Å². The second-order valence-electron chi connectivity index (χ2n) is 4.05. The number of aliphatic hydroxyl groups excluding tert-OH is 1. The highest BCUT2D eigenvalue weighted by molar-refractivity contribution is 6.30. The first-order chi connectivity index (χ1) is 9.43. The van der Waals surface area contributed by atoms with Crippen LogP contribution < -0.4 is 10.1 Å². The summed E-state index contributed by atoms with van der Waals surface area (Å²) in [6.07, 6.45) is -1.07. The molecule has 2 atom stereocenters. The molecular formula is C13H16ClNO5. The van der Waals surface area contributed by atoms with Gasteiger partial charge in [-0.05, 0) is 31.2 Å². The summed E-state index contributed by atoms with van der Waals surface area (Å²) in [7, 11) is 1.17. The zero-order valence-electron chi connectivity index (χ0n) is 11.1. The quantitative estimate of drug-likeness (QED) is 0.758. The lowest BCUT2D eigenvalue weighted by molar-refractivity contribution is -0.148. The van der Waals surface area contributed by atoms with Crippen molar-refractivity contribution in [1.82, 2.24) is 5.32 Å². The smallest absolute Gasteiger partial charge is 0.331 e. The highest BCUT2D eigenvalue weighted by Gasteiger charge is 2.26. The lowest BCUT2D eigenvalue weighted by Gasteiger charge is -2.18. The number of carbonyl (C=O) groups excluding carboxylic acids is 2. The number of esters is 1. The molecule has 110 valence electrons. The third-order valence-corrected chi connectivity index (χ3v) is 2.69. The Morgan fingerprint density at radius 3 is 2.45 bits per heavy atom. The maximum atomic E-state index is 11.6. The molecule has 0 heterocycles. The summed E-state index contributed by atoms with van der Waals surface area (Å²) >= 11 is 5.71. The van der Waals surface area contributed by atoms with Gasteiger partial charge in [-0.1, -0.05) is 11.6 Å². The first kappa shape index (κ1) is 16.3. The monoisotopic (exact) mass is 301 g/mol. The van der Waals surface area contributed by atoms with E-state index in [9.17, 15) is 14.7 Å². The van der Waals surface area contributed by atoms with Gasteiger partial charge in [0.05, 0.1) is 13.2 Å². The predicted octanol–water partition coefficient (Wildman–Crippen LogP) is 0.757. The van der Waals surface area contributed by atoms with E-state index in [0.29, 0.717) is 10.8 Å². The minimum Gasteiger partial charge on any atom is -0.484 e. The van der Waals surface area contributed by atoms with Crippen molar-refractivity contribution in [2.45, 2.75) is 19.1 Å². The van der Waals surface area contributed by atoms with Crippen LogP contribution in [-0.4, -0.2) is 42.8 Å². The molecule has 1 rings (SSSR count). The Kier molecular flexibility index (Phi) is 6.27. The summed E-state index contributed by atoms with van der Waals surface area (Å²) in [6.45, 7) is 1.09. The van der Waals surface area contributed by atoms with Crippen LogP contribution in [0.3, 0.4) is 0 Å². The number of nitrogens with one attached hydrogen (secondary N) is 1. The molecule has 0 saturated heterocycles. The highest BCUT2D eigenvalue weighted by atomic mass is 35.5. The van der Waals surface area contributed by atoms with Gasteiger partial charge in [-0.15, -0.1) is 0 Å². The first-order valence-corrected chi connectivity index (χ1v) is 6.25. The fourth-order valence-electron chi connectivity index (χ4n) is 1.40. The molecule has 6 nitrogen and oxygen atoms in total. The molecule has 0 saturated carbocycles. The Morgan fingerprint density at radius 1 is 1.35 bits per heavy atom. The molecular weight excluding hydrogens is 286 g/mol. The highest BCUT2D eigenvalue weighted by Crippen LogP contribution is 2.15. The summed E-state index contributed by atoms with van der Waals surface area (Å²) in [5, 5.41) is 12.3. The van der Waals surface area contributed by atoms with E-state index in [1.165, 1.54) is 14.0 Å².